The van der Waals surface area contributed by atoms with E-state index in [1.807, 2.05) is 6.92 Å². The topological polar surface area (TPSA) is 35.2 Å². The lowest BCUT2D eigenvalue weighted by Crippen LogP contribution is -1.96. The Morgan fingerprint density at radius 1 is 1.10 bits per heavy atom. The molecular formula is C15H14Cl2FNO. The maximum Gasteiger partial charge on any atom is 0.139 e. The van der Waals surface area contributed by atoms with E-state index >= 15 is 0 Å². The summed E-state index contributed by atoms with van der Waals surface area (Å²) < 4.78 is 19.4. The van der Waals surface area contributed by atoms with Crippen molar-refractivity contribution in [1.29, 1.82) is 0 Å². The lowest BCUT2D eigenvalue weighted by Gasteiger charge is -2.12. The zero-order valence-corrected chi connectivity index (χ0v) is 12.6. The molecule has 0 saturated carbocycles. The van der Waals surface area contributed by atoms with Crippen molar-refractivity contribution in [3.05, 3.63) is 45.7 Å². The molecule has 0 bridgehead atoms. The Bertz CT molecular complexity index is 659. The molecule has 0 aliphatic rings. The van der Waals surface area contributed by atoms with Crippen LogP contribution in [0.4, 0.5) is 10.1 Å². The molecule has 0 heterocycles. The largest absolute Gasteiger partial charge is 0.492 e. The Balaban J connectivity index is 2.59. The molecule has 0 atom stereocenters. The quantitative estimate of drug-likeness (QED) is 0.801. The predicted molar refractivity (Wildman–Crippen MR) is 82.2 cm³/mol. The number of anilines is 1. The van der Waals surface area contributed by atoms with E-state index in [9.17, 15) is 4.39 Å². The average molecular weight is 314 g/mol. The Kier molecular flexibility index (Phi) is 4.41. The summed E-state index contributed by atoms with van der Waals surface area (Å²) in [4.78, 5) is 0. The molecule has 5 heteroatoms. The van der Waals surface area contributed by atoms with Gasteiger partial charge < -0.3 is 10.5 Å². The number of hydrogen-bond donors (Lipinski definition) is 1. The molecular weight excluding hydrogens is 300 g/mol. The van der Waals surface area contributed by atoms with E-state index in [-0.39, 0.29) is 5.82 Å². The summed E-state index contributed by atoms with van der Waals surface area (Å²) in [5, 5.41) is 0.741. The summed E-state index contributed by atoms with van der Waals surface area (Å²) in [6.07, 6.45) is 0. The second-order valence-corrected chi connectivity index (χ2v) is 5.20. The van der Waals surface area contributed by atoms with Crippen LogP contribution in [0.15, 0.2) is 24.3 Å². The van der Waals surface area contributed by atoms with Crippen LogP contribution in [0.1, 0.15) is 12.5 Å². The minimum absolute atomic E-state index is 0.322. The Morgan fingerprint density at radius 3 is 2.45 bits per heavy atom. The van der Waals surface area contributed by atoms with Crippen LogP contribution in [0.2, 0.25) is 10.0 Å². The van der Waals surface area contributed by atoms with Crippen LogP contribution in [0.5, 0.6) is 5.75 Å². The van der Waals surface area contributed by atoms with Gasteiger partial charge in [-0.05, 0) is 37.6 Å². The summed E-state index contributed by atoms with van der Waals surface area (Å²) in [5.41, 5.74) is 7.82. The van der Waals surface area contributed by atoms with Crippen LogP contribution in [-0.2, 0) is 0 Å². The van der Waals surface area contributed by atoms with Crippen LogP contribution in [0.25, 0.3) is 11.1 Å². The summed E-state index contributed by atoms with van der Waals surface area (Å²) in [6.45, 7) is 4.06. The van der Waals surface area contributed by atoms with Gasteiger partial charge in [0.15, 0.2) is 0 Å². The number of halogens is 3. The molecule has 2 rings (SSSR count). The number of nitrogen functional groups attached to an aromatic ring is 1. The zero-order valence-electron chi connectivity index (χ0n) is 11.1. The standard InChI is InChI=1S/C15H14Cl2FNO/c1-3-20-15-7-11(16)9(5-12(15)17)10-6-14(19)8(2)4-13(10)18/h4-7H,3,19H2,1-2H3. The van der Waals surface area contributed by atoms with Crippen LogP contribution in [-0.4, -0.2) is 6.61 Å². The molecule has 2 aromatic carbocycles. The monoisotopic (exact) mass is 313 g/mol. The van der Waals surface area contributed by atoms with Crippen molar-refractivity contribution in [2.75, 3.05) is 12.3 Å². The summed E-state index contributed by atoms with van der Waals surface area (Å²) in [7, 11) is 0. The number of rotatable bonds is 3. The van der Waals surface area contributed by atoms with E-state index in [0.29, 0.717) is 44.8 Å². The Labute approximate surface area is 127 Å². The molecule has 0 fully saturated rings. The highest BCUT2D eigenvalue weighted by atomic mass is 35.5. The third kappa shape index (κ3) is 2.84. The Hall–Kier alpha value is -1.45. The van der Waals surface area contributed by atoms with Gasteiger partial charge in [0.05, 0.1) is 16.7 Å². The molecule has 0 amide bonds. The first-order chi connectivity index (χ1) is 9.43. The highest BCUT2D eigenvalue weighted by Crippen LogP contribution is 2.38. The van der Waals surface area contributed by atoms with Crippen molar-refractivity contribution in [3.63, 3.8) is 0 Å². The maximum absolute atomic E-state index is 14.1. The molecule has 2 aromatic rings. The van der Waals surface area contributed by atoms with Crippen LogP contribution in [0, 0.1) is 12.7 Å². The van der Waals surface area contributed by atoms with E-state index in [1.54, 1.807) is 25.1 Å². The molecule has 0 aliphatic heterocycles. The number of hydrogen-bond acceptors (Lipinski definition) is 2. The highest BCUT2D eigenvalue weighted by Gasteiger charge is 2.14. The summed E-state index contributed by atoms with van der Waals surface area (Å²) in [6, 6.07) is 6.11. The van der Waals surface area contributed by atoms with E-state index in [2.05, 4.69) is 0 Å². The smallest absolute Gasteiger partial charge is 0.139 e. The lowest BCUT2D eigenvalue weighted by molar-refractivity contribution is 0.340. The average Bonchev–Trinajstić information content (AvgIpc) is 2.38. The van der Waals surface area contributed by atoms with Gasteiger partial charge in [0.2, 0.25) is 0 Å². The van der Waals surface area contributed by atoms with Crippen molar-refractivity contribution in [2.45, 2.75) is 13.8 Å². The van der Waals surface area contributed by atoms with Gasteiger partial charge in [-0.2, -0.15) is 0 Å². The summed E-state index contributed by atoms with van der Waals surface area (Å²) in [5.74, 6) is 0.0854. The first kappa shape index (κ1) is 14.9. The van der Waals surface area contributed by atoms with E-state index in [1.165, 1.54) is 6.07 Å². The molecule has 0 aliphatic carbocycles. The van der Waals surface area contributed by atoms with Gasteiger partial charge in [0, 0.05) is 22.9 Å². The van der Waals surface area contributed by atoms with Gasteiger partial charge in [-0.25, -0.2) is 4.39 Å². The van der Waals surface area contributed by atoms with Crippen molar-refractivity contribution < 1.29 is 9.13 Å². The maximum atomic E-state index is 14.1. The van der Waals surface area contributed by atoms with E-state index in [4.69, 9.17) is 33.7 Å². The second-order valence-electron chi connectivity index (χ2n) is 4.38. The minimum Gasteiger partial charge on any atom is -0.492 e. The first-order valence-corrected chi connectivity index (χ1v) is 6.87. The molecule has 20 heavy (non-hydrogen) atoms. The normalized spacial score (nSPS) is 10.7. The number of benzene rings is 2. The lowest BCUT2D eigenvalue weighted by atomic mass is 10.0. The molecule has 106 valence electrons. The number of nitrogens with two attached hydrogens (primary N) is 1. The van der Waals surface area contributed by atoms with Gasteiger partial charge in [-0.1, -0.05) is 23.2 Å². The fraction of sp³-hybridized carbons (Fsp3) is 0.200. The van der Waals surface area contributed by atoms with Crippen molar-refractivity contribution in [1.82, 2.24) is 0 Å². The fourth-order valence-electron chi connectivity index (χ4n) is 1.90. The van der Waals surface area contributed by atoms with Gasteiger partial charge in [-0.3, -0.25) is 0 Å². The predicted octanol–water partition coefficient (Wildman–Crippen LogP) is 5.09. The molecule has 2 N–H and O–H groups in total. The summed E-state index contributed by atoms with van der Waals surface area (Å²) >= 11 is 12.3. The third-order valence-electron chi connectivity index (χ3n) is 2.97. The van der Waals surface area contributed by atoms with Crippen LogP contribution < -0.4 is 10.5 Å². The molecule has 0 spiro atoms. The van der Waals surface area contributed by atoms with Crippen LogP contribution >= 0.6 is 23.2 Å². The molecule has 0 radical (unpaired) electrons. The van der Waals surface area contributed by atoms with E-state index in [0.717, 1.165) is 0 Å². The van der Waals surface area contributed by atoms with Crippen molar-refractivity contribution >= 4 is 28.9 Å². The van der Waals surface area contributed by atoms with Crippen molar-refractivity contribution in [2.24, 2.45) is 0 Å². The minimum atomic E-state index is -0.390. The van der Waals surface area contributed by atoms with E-state index < -0.39 is 0 Å². The van der Waals surface area contributed by atoms with Gasteiger partial charge >= 0.3 is 0 Å². The zero-order chi connectivity index (χ0) is 14.9. The number of ether oxygens (including phenoxy) is 1. The van der Waals surface area contributed by atoms with Crippen LogP contribution in [0.3, 0.4) is 0 Å². The SMILES string of the molecule is CCOc1cc(Cl)c(-c2cc(N)c(C)cc2F)cc1Cl. The van der Waals surface area contributed by atoms with Gasteiger partial charge in [-0.15, -0.1) is 0 Å². The second kappa shape index (κ2) is 5.90. The number of aryl methyl sites for hydroxylation is 1. The highest BCUT2D eigenvalue weighted by molar-refractivity contribution is 6.36. The molecule has 0 unspecified atom stereocenters. The van der Waals surface area contributed by atoms with Gasteiger partial charge in [0.25, 0.3) is 0 Å². The fourth-order valence-corrected chi connectivity index (χ4v) is 2.37. The molecule has 0 saturated heterocycles. The Morgan fingerprint density at radius 2 is 1.80 bits per heavy atom. The first-order valence-electron chi connectivity index (χ1n) is 6.11. The molecule has 2 nitrogen and oxygen atoms in total. The van der Waals surface area contributed by atoms with Crippen molar-refractivity contribution in [3.8, 4) is 16.9 Å². The van der Waals surface area contributed by atoms with Gasteiger partial charge in [0.1, 0.15) is 11.6 Å². The third-order valence-corrected chi connectivity index (χ3v) is 3.58. The molecule has 0 aromatic heterocycles.